The van der Waals surface area contributed by atoms with Gasteiger partial charge in [0.2, 0.25) is 11.9 Å². The topological polar surface area (TPSA) is 59.0 Å². The molecule has 0 bridgehead atoms. The fourth-order valence-corrected chi connectivity index (χ4v) is 2.43. The van der Waals surface area contributed by atoms with Crippen LogP contribution in [0.25, 0.3) is 0 Å². The van der Waals surface area contributed by atoms with Crippen LogP contribution in [-0.2, 0) is 11.3 Å². The van der Waals surface area contributed by atoms with Crippen molar-refractivity contribution in [3.63, 3.8) is 0 Å². The molecule has 5 nitrogen and oxygen atoms in total. The first-order chi connectivity index (χ1) is 9.83. The van der Waals surface area contributed by atoms with Gasteiger partial charge in [-0.05, 0) is 18.5 Å². The number of nitrogens with zero attached hydrogens (tertiary/aromatic N) is 2. The predicted molar refractivity (Wildman–Crippen MR) is 84.6 cm³/mol. The van der Waals surface area contributed by atoms with Crippen molar-refractivity contribution < 1.29 is 4.79 Å². The second-order valence-electron chi connectivity index (χ2n) is 5.04. The van der Waals surface area contributed by atoms with E-state index >= 15 is 0 Å². The Bertz CT molecular complexity index is 578. The third kappa shape index (κ3) is 3.83. The zero-order chi connectivity index (χ0) is 13.8. The summed E-state index contributed by atoms with van der Waals surface area (Å²) in [5, 5.41) is 6.12. The number of carbonyl (C=O) groups excluding carboxylic acids is 1. The Morgan fingerprint density at radius 1 is 1.38 bits per heavy atom. The van der Waals surface area contributed by atoms with Crippen LogP contribution in [0.1, 0.15) is 12.0 Å². The average molecular weight is 307 g/mol. The maximum absolute atomic E-state index is 12.1. The van der Waals surface area contributed by atoms with Crippen LogP contribution in [0.15, 0.2) is 42.7 Å². The standard InChI is InChI=1S/C15H18N4O.ClH/c20-14(13-6-7-16-10-13)18-15-17-8-9-19(15)11-12-4-2-1-3-5-12;/h1-5,8-9,13,16H,6-7,10-11H2,(H,17,18,20);1H. The zero-order valence-electron chi connectivity index (χ0n) is 11.7. The summed E-state index contributed by atoms with van der Waals surface area (Å²) in [4.78, 5) is 16.3. The lowest BCUT2D eigenvalue weighted by atomic mass is 10.1. The fraction of sp³-hybridized carbons (Fsp3) is 0.333. The Morgan fingerprint density at radius 3 is 2.90 bits per heavy atom. The predicted octanol–water partition coefficient (Wildman–Crippen LogP) is 1.90. The van der Waals surface area contributed by atoms with E-state index in [1.165, 1.54) is 5.56 Å². The van der Waals surface area contributed by atoms with Gasteiger partial charge in [-0.2, -0.15) is 0 Å². The van der Waals surface area contributed by atoms with E-state index in [-0.39, 0.29) is 24.2 Å². The number of carbonyl (C=O) groups is 1. The van der Waals surface area contributed by atoms with Crippen LogP contribution in [0.5, 0.6) is 0 Å². The molecule has 21 heavy (non-hydrogen) atoms. The van der Waals surface area contributed by atoms with Gasteiger partial charge in [0.1, 0.15) is 0 Å². The summed E-state index contributed by atoms with van der Waals surface area (Å²) >= 11 is 0. The largest absolute Gasteiger partial charge is 0.316 e. The zero-order valence-corrected chi connectivity index (χ0v) is 12.5. The van der Waals surface area contributed by atoms with Crippen LogP contribution in [0.4, 0.5) is 5.95 Å². The molecule has 1 amide bonds. The monoisotopic (exact) mass is 306 g/mol. The number of anilines is 1. The first-order valence-corrected chi connectivity index (χ1v) is 6.89. The molecule has 1 fully saturated rings. The molecule has 1 aliphatic heterocycles. The van der Waals surface area contributed by atoms with Crippen LogP contribution in [0.2, 0.25) is 0 Å². The molecular formula is C15H19ClN4O. The highest BCUT2D eigenvalue weighted by atomic mass is 35.5. The summed E-state index contributed by atoms with van der Waals surface area (Å²) in [6, 6.07) is 10.1. The number of aromatic nitrogens is 2. The number of amides is 1. The van der Waals surface area contributed by atoms with Crippen LogP contribution < -0.4 is 10.6 Å². The first kappa shape index (κ1) is 15.5. The number of nitrogens with one attached hydrogen (secondary N) is 2. The SMILES string of the molecule is Cl.O=C(Nc1nccn1Cc1ccccc1)C1CCNC1. The molecule has 1 aromatic carbocycles. The molecule has 0 radical (unpaired) electrons. The number of imidazole rings is 1. The molecule has 2 N–H and O–H groups in total. The van der Waals surface area contributed by atoms with Crippen molar-refractivity contribution in [1.29, 1.82) is 0 Å². The minimum absolute atomic E-state index is 0. The van der Waals surface area contributed by atoms with E-state index in [9.17, 15) is 4.79 Å². The summed E-state index contributed by atoms with van der Waals surface area (Å²) in [7, 11) is 0. The molecule has 1 aliphatic rings. The van der Waals surface area contributed by atoms with Crippen molar-refractivity contribution in [2.75, 3.05) is 18.4 Å². The molecule has 0 aliphatic carbocycles. The van der Waals surface area contributed by atoms with E-state index in [0.717, 1.165) is 19.5 Å². The Balaban J connectivity index is 0.00000161. The molecule has 2 aromatic rings. The summed E-state index contributed by atoms with van der Waals surface area (Å²) < 4.78 is 1.95. The maximum atomic E-state index is 12.1. The fourth-order valence-electron chi connectivity index (χ4n) is 2.43. The quantitative estimate of drug-likeness (QED) is 0.907. The molecule has 2 heterocycles. The molecule has 3 rings (SSSR count). The molecule has 0 spiro atoms. The van der Waals surface area contributed by atoms with Crippen molar-refractivity contribution >= 4 is 24.3 Å². The van der Waals surface area contributed by atoms with E-state index in [1.54, 1.807) is 6.20 Å². The van der Waals surface area contributed by atoms with E-state index in [0.29, 0.717) is 12.5 Å². The van der Waals surface area contributed by atoms with E-state index in [4.69, 9.17) is 0 Å². The lowest BCUT2D eigenvalue weighted by Crippen LogP contribution is -2.26. The Kier molecular flexibility index (Phi) is 5.36. The van der Waals surface area contributed by atoms with Crippen molar-refractivity contribution in [2.45, 2.75) is 13.0 Å². The molecule has 1 atom stereocenters. The van der Waals surface area contributed by atoms with E-state index < -0.39 is 0 Å². The molecule has 112 valence electrons. The summed E-state index contributed by atoms with van der Waals surface area (Å²) in [6.07, 6.45) is 4.49. The van der Waals surface area contributed by atoms with Gasteiger partial charge in [-0.25, -0.2) is 4.98 Å². The van der Waals surface area contributed by atoms with Gasteiger partial charge >= 0.3 is 0 Å². The van der Waals surface area contributed by atoms with Crippen molar-refractivity contribution in [3.05, 3.63) is 48.3 Å². The van der Waals surface area contributed by atoms with Crippen LogP contribution in [0, 0.1) is 5.92 Å². The molecule has 0 saturated carbocycles. The minimum Gasteiger partial charge on any atom is -0.316 e. The Labute approximate surface area is 130 Å². The van der Waals surface area contributed by atoms with Crippen LogP contribution >= 0.6 is 12.4 Å². The lowest BCUT2D eigenvalue weighted by molar-refractivity contribution is -0.119. The van der Waals surface area contributed by atoms with Crippen LogP contribution in [-0.4, -0.2) is 28.5 Å². The maximum Gasteiger partial charge on any atom is 0.231 e. The second kappa shape index (κ2) is 7.24. The third-order valence-electron chi connectivity index (χ3n) is 3.58. The summed E-state index contributed by atoms with van der Waals surface area (Å²) in [5.74, 6) is 0.721. The molecule has 1 unspecified atom stereocenters. The van der Waals surface area contributed by atoms with Gasteiger partial charge in [0.05, 0.1) is 12.5 Å². The first-order valence-electron chi connectivity index (χ1n) is 6.89. The van der Waals surface area contributed by atoms with Gasteiger partial charge in [0.25, 0.3) is 0 Å². The number of hydrogen-bond acceptors (Lipinski definition) is 3. The van der Waals surface area contributed by atoms with Gasteiger partial charge in [-0.15, -0.1) is 12.4 Å². The lowest BCUT2D eigenvalue weighted by Gasteiger charge is -2.11. The normalized spacial score (nSPS) is 17.2. The Hall–Kier alpha value is -1.85. The van der Waals surface area contributed by atoms with Gasteiger partial charge in [0.15, 0.2) is 0 Å². The highest BCUT2D eigenvalue weighted by Crippen LogP contribution is 2.13. The number of halogens is 1. The Morgan fingerprint density at radius 2 is 2.19 bits per heavy atom. The highest BCUT2D eigenvalue weighted by Gasteiger charge is 2.23. The average Bonchev–Trinajstić information content (AvgIpc) is 3.12. The minimum atomic E-state index is 0. The molecule has 1 aromatic heterocycles. The number of benzene rings is 1. The van der Waals surface area contributed by atoms with Crippen LogP contribution in [0.3, 0.4) is 0 Å². The third-order valence-corrected chi connectivity index (χ3v) is 3.58. The van der Waals surface area contributed by atoms with Gasteiger partial charge < -0.3 is 9.88 Å². The highest BCUT2D eigenvalue weighted by molar-refractivity contribution is 5.91. The summed E-state index contributed by atoms with van der Waals surface area (Å²) in [5.41, 5.74) is 1.18. The molecular weight excluding hydrogens is 288 g/mol. The van der Waals surface area contributed by atoms with Crippen molar-refractivity contribution in [1.82, 2.24) is 14.9 Å². The molecule has 6 heteroatoms. The van der Waals surface area contributed by atoms with Gasteiger partial charge in [-0.1, -0.05) is 30.3 Å². The number of rotatable bonds is 4. The van der Waals surface area contributed by atoms with Crippen molar-refractivity contribution in [3.8, 4) is 0 Å². The van der Waals surface area contributed by atoms with Crippen molar-refractivity contribution in [2.24, 2.45) is 5.92 Å². The van der Waals surface area contributed by atoms with E-state index in [1.807, 2.05) is 29.0 Å². The smallest absolute Gasteiger partial charge is 0.231 e. The summed E-state index contributed by atoms with van der Waals surface area (Å²) in [6.45, 7) is 2.38. The van der Waals surface area contributed by atoms with E-state index in [2.05, 4.69) is 27.8 Å². The molecule has 1 saturated heterocycles. The van der Waals surface area contributed by atoms with Gasteiger partial charge in [0, 0.05) is 18.9 Å². The second-order valence-corrected chi connectivity index (χ2v) is 5.04. The van der Waals surface area contributed by atoms with Gasteiger partial charge in [-0.3, -0.25) is 10.1 Å². The number of hydrogen-bond donors (Lipinski definition) is 2.